The molecule has 0 spiro atoms. The van der Waals surface area contributed by atoms with Gasteiger partial charge in [-0.3, -0.25) is 0 Å². The topological polar surface area (TPSA) is 51.8 Å². The molecule has 0 aliphatic rings. The van der Waals surface area contributed by atoms with Gasteiger partial charge in [0.05, 0.1) is 11.4 Å². The van der Waals surface area contributed by atoms with Crippen molar-refractivity contribution in [2.75, 3.05) is 5.73 Å². The van der Waals surface area contributed by atoms with Gasteiger partial charge in [0, 0.05) is 0 Å². The van der Waals surface area contributed by atoms with Crippen LogP contribution in [0.15, 0.2) is 0 Å². The van der Waals surface area contributed by atoms with Crippen molar-refractivity contribution in [1.29, 1.82) is 0 Å². The van der Waals surface area contributed by atoms with E-state index in [-0.39, 0.29) is 0 Å². The van der Waals surface area contributed by atoms with Crippen molar-refractivity contribution in [1.82, 2.24) is 9.97 Å². The molecule has 0 bridgehead atoms. The maximum Gasteiger partial charge on any atom is 0.155 e. The number of rotatable bonds is 0. The van der Waals surface area contributed by atoms with Gasteiger partial charge in [-0.25, -0.2) is 9.97 Å². The van der Waals surface area contributed by atoms with E-state index >= 15 is 0 Å². The minimum Gasteiger partial charge on any atom is -0.395 e. The second-order valence-corrected chi connectivity index (χ2v) is 2.42. The Balaban J connectivity index is 3.31. The lowest BCUT2D eigenvalue weighted by molar-refractivity contribution is 1.02. The molecule has 0 aromatic carbocycles. The van der Waals surface area contributed by atoms with Crippen LogP contribution in [0.5, 0.6) is 0 Å². The van der Waals surface area contributed by atoms with Crippen molar-refractivity contribution >= 4 is 17.3 Å². The molecule has 0 saturated carbocycles. The van der Waals surface area contributed by atoms with Crippen molar-refractivity contribution in [3.8, 4) is 0 Å². The molecule has 0 radical (unpaired) electrons. The van der Waals surface area contributed by atoms with Crippen LogP contribution in [0.25, 0.3) is 0 Å². The zero-order valence-corrected chi connectivity index (χ0v) is 6.61. The summed E-state index contributed by atoms with van der Waals surface area (Å²) in [6.45, 7) is 3.58. The first-order valence-corrected chi connectivity index (χ1v) is 3.25. The summed E-state index contributed by atoms with van der Waals surface area (Å²) in [5, 5.41) is 0.338. The fraction of sp³-hybridized carbons (Fsp3) is 0.333. The van der Waals surface area contributed by atoms with Gasteiger partial charge in [0.2, 0.25) is 0 Å². The lowest BCUT2D eigenvalue weighted by Gasteiger charge is -2.00. The van der Waals surface area contributed by atoms with Gasteiger partial charge < -0.3 is 5.73 Å². The van der Waals surface area contributed by atoms with Gasteiger partial charge in [-0.1, -0.05) is 11.6 Å². The second kappa shape index (κ2) is 2.42. The molecule has 1 aromatic heterocycles. The molecule has 10 heavy (non-hydrogen) atoms. The van der Waals surface area contributed by atoms with Gasteiger partial charge in [0.1, 0.15) is 5.82 Å². The average Bonchev–Trinajstić information content (AvgIpc) is 1.82. The summed E-state index contributed by atoms with van der Waals surface area (Å²) < 4.78 is 0. The molecule has 2 N–H and O–H groups in total. The SMILES string of the molecule is Cc1nc(C)c(N)c(Cl)n1. The number of halogens is 1. The maximum atomic E-state index is 5.64. The number of aryl methyl sites for hydroxylation is 2. The molecule has 1 aromatic rings. The molecule has 3 nitrogen and oxygen atoms in total. The summed E-state index contributed by atoms with van der Waals surface area (Å²) >= 11 is 5.64. The van der Waals surface area contributed by atoms with Gasteiger partial charge in [-0.15, -0.1) is 0 Å². The van der Waals surface area contributed by atoms with E-state index in [1.165, 1.54) is 0 Å². The van der Waals surface area contributed by atoms with Gasteiger partial charge in [-0.2, -0.15) is 0 Å². The molecule has 0 amide bonds. The first kappa shape index (κ1) is 7.28. The number of nitrogens with zero attached hydrogens (tertiary/aromatic N) is 2. The number of nitrogens with two attached hydrogens (primary N) is 1. The van der Waals surface area contributed by atoms with E-state index < -0.39 is 0 Å². The standard InChI is InChI=1S/C6H8ClN3/c1-3-5(8)6(7)10-4(2)9-3/h8H2,1-2H3. The Hall–Kier alpha value is -0.830. The molecule has 0 aliphatic heterocycles. The summed E-state index contributed by atoms with van der Waals surface area (Å²) in [7, 11) is 0. The lowest BCUT2D eigenvalue weighted by atomic mass is 10.4. The first-order chi connectivity index (χ1) is 4.61. The third-order valence-electron chi connectivity index (χ3n) is 1.20. The summed E-state index contributed by atoms with van der Waals surface area (Å²) in [4.78, 5) is 7.88. The van der Waals surface area contributed by atoms with Gasteiger partial charge in [0.25, 0.3) is 0 Å². The molecular weight excluding hydrogens is 150 g/mol. The first-order valence-electron chi connectivity index (χ1n) is 2.87. The molecule has 0 fully saturated rings. The predicted octanol–water partition coefficient (Wildman–Crippen LogP) is 1.33. The van der Waals surface area contributed by atoms with Crippen LogP contribution in [0.2, 0.25) is 5.15 Å². The average molecular weight is 158 g/mol. The highest BCUT2D eigenvalue weighted by atomic mass is 35.5. The Labute approximate surface area is 64.2 Å². The monoisotopic (exact) mass is 157 g/mol. The van der Waals surface area contributed by atoms with Crippen molar-refractivity contribution in [2.24, 2.45) is 0 Å². The Morgan fingerprint density at radius 1 is 1.30 bits per heavy atom. The van der Waals surface area contributed by atoms with E-state index in [9.17, 15) is 0 Å². The maximum absolute atomic E-state index is 5.64. The summed E-state index contributed by atoms with van der Waals surface area (Å²) in [5.74, 6) is 0.650. The third-order valence-corrected chi connectivity index (χ3v) is 1.49. The number of nitrogen functional groups attached to an aromatic ring is 1. The number of anilines is 1. The van der Waals surface area contributed by atoms with E-state index in [2.05, 4.69) is 9.97 Å². The zero-order valence-electron chi connectivity index (χ0n) is 5.85. The van der Waals surface area contributed by atoms with Crippen LogP contribution < -0.4 is 5.73 Å². The normalized spacial score (nSPS) is 9.90. The van der Waals surface area contributed by atoms with Crippen molar-refractivity contribution in [3.05, 3.63) is 16.7 Å². The third kappa shape index (κ3) is 1.19. The van der Waals surface area contributed by atoms with Gasteiger partial charge in [0.15, 0.2) is 5.15 Å². The number of hydrogen-bond acceptors (Lipinski definition) is 3. The Morgan fingerprint density at radius 2 is 1.90 bits per heavy atom. The van der Waals surface area contributed by atoms with Crippen LogP contribution >= 0.6 is 11.6 Å². The minimum absolute atomic E-state index is 0.338. The molecule has 54 valence electrons. The number of hydrogen-bond donors (Lipinski definition) is 1. The Kier molecular flexibility index (Phi) is 1.76. The molecule has 4 heteroatoms. The van der Waals surface area contributed by atoms with Gasteiger partial charge >= 0.3 is 0 Å². The summed E-state index contributed by atoms with van der Waals surface area (Å²) in [6, 6.07) is 0. The van der Waals surface area contributed by atoms with Crippen molar-refractivity contribution in [3.63, 3.8) is 0 Å². The quantitative estimate of drug-likeness (QED) is 0.578. The van der Waals surface area contributed by atoms with Crippen LogP contribution in [-0.2, 0) is 0 Å². The molecule has 0 atom stereocenters. The molecule has 0 unspecified atom stereocenters. The summed E-state index contributed by atoms with van der Waals surface area (Å²) in [6.07, 6.45) is 0. The lowest BCUT2D eigenvalue weighted by Crippen LogP contribution is -1.98. The molecular formula is C6H8ClN3. The van der Waals surface area contributed by atoms with E-state index in [0.29, 0.717) is 16.7 Å². The predicted molar refractivity (Wildman–Crippen MR) is 40.9 cm³/mol. The van der Waals surface area contributed by atoms with E-state index in [4.69, 9.17) is 17.3 Å². The van der Waals surface area contributed by atoms with Crippen molar-refractivity contribution < 1.29 is 0 Å². The van der Waals surface area contributed by atoms with E-state index in [1.54, 1.807) is 13.8 Å². The van der Waals surface area contributed by atoms with Crippen LogP contribution in [0.3, 0.4) is 0 Å². The zero-order chi connectivity index (χ0) is 7.72. The van der Waals surface area contributed by atoms with Crippen molar-refractivity contribution in [2.45, 2.75) is 13.8 Å². The highest BCUT2D eigenvalue weighted by Crippen LogP contribution is 2.17. The Morgan fingerprint density at radius 3 is 2.40 bits per heavy atom. The summed E-state index contributed by atoms with van der Waals surface area (Å²) in [5.41, 5.74) is 6.69. The fourth-order valence-corrected chi connectivity index (χ4v) is 0.939. The largest absolute Gasteiger partial charge is 0.395 e. The number of aromatic nitrogens is 2. The van der Waals surface area contributed by atoms with Crippen LogP contribution in [0.1, 0.15) is 11.5 Å². The fourth-order valence-electron chi connectivity index (χ4n) is 0.679. The van der Waals surface area contributed by atoms with Crippen LogP contribution in [-0.4, -0.2) is 9.97 Å². The Bertz CT molecular complexity index is 236. The molecule has 0 saturated heterocycles. The molecule has 1 rings (SSSR count). The van der Waals surface area contributed by atoms with Gasteiger partial charge in [-0.05, 0) is 13.8 Å². The second-order valence-electron chi connectivity index (χ2n) is 2.06. The van der Waals surface area contributed by atoms with E-state index in [1.807, 2.05) is 0 Å². The van der Waals surface area contributed by atoms with Crippen LogP contribution in [0, 0.1) is 13.8 Å². The van der Waals surface area contributed by atoms with Crippen LogP contribution in [0.4, 0.5) is 5.69 Å². The highest BCUT2D eigenvalue weighted by Gasteiger charge is 2.02. The molecule has 1 heterocycles. The highest BCUT2D eigenvalue weighted by molar-refractivity contribution is 6.31. The smallest absolute Gasteiger partial charge is 0.155 e. The minimum atomic E-state index is 0.338. The molecule has 0 aliphatic carbocycles. The van der Waals surface area contributed by atoms with E-state index in [0.717, 1.165) is 5.69 Å².